The van der Waals surface area contributed by atoms with Gasteiger partial charge in [0.1, 0.15) is 5.75 Å². The molecule has 0 radical (unpaired) electrons. The molecular formula is C13H19NO5S. The highest BCUT2D eigenvalue weighted by molar-refractivity contribution is 7.89. The third kappa shape index (κ3) is 4.21. The molecule has 0 atom stereocenters. The molecular weight excluding hydrogens is 282 g/mol. The van der Waals surface area contributed by atoms with Gasteiger partial charge >= 0.3 is 5.97 Å². The Morgan fingerprint density at radius 1 is 1.30 bits per heavy atom. The lowest BCUT2D eigenvalue weighted by molar-refractivity contribution is -0.137. The summed E-state index contributed by atoms with van der Waals surface area (Å²) in [6.07, 6.45) is 0.186. The van der Waals surface area contributed by atoms with Gasteiger partial charge in [0.05, 0.1) is 12.0 Å². The van der Waals surface area contributed by atoms with Gasteiger partial charge in [0, 0.05) is 13.0 Å². The van der Waals surface area contributed by atoms with Crippen LogP contribution in [-0.4, -0.2) is 33.1 Å². The Labute approximate surface area is 118 Å². The standard InChI is InChI=1S/C13H19NO5S/c1-9-7-11(8-10(2)13(9)19-3)20(17,18)14-6-4-5-12(15)16/h7-8,14H,4-6H2,1-3H3,(H,15,16). The second kappa shape index (κ2) is 6.71. The Morgan fingerprint density at radius 2 is 1.85 bits per heavy atom. The number of sulfonamides is 1. The van der Waals surface area contributed by atoms with Gasteiger partial charge < -0.3 is 9.84 Å². The first-order valence-electron chi connectivity index (χ1n) is 6.14. The number of aliphatic carboxylic acids is 1. The SMILES string of the molecule is COc1c(C)cc(S(=O)(=O)NCCCC(=O)O)cc1C. The smallest absolute Gasteiger partial charge is 0.303 e. The number of ether oxygens (including phenoxy) is 1. The Hall–Kier alpha value is -1.60. The van der Waals surface area contributed by atoms with E-state index in [4.69, 9.17) is 9.84 Å². The quantitative estimate of drug-likeness (QED) is 0.744. The van der Waals surface area contributed by atoms with E-state index in [2.05, 4.69) is 4.72 Å². The van der Waals surface area contributed by atoms with Gasteiger partial charge in [-0.1, -0.05) is 0 Å². The minimum Gasteiger partial charge on any atom is -0.496 e. The van der Waals surface area contributed by atoms with Crippen LogP contribution in [-0.2, 0) is 14.8 Å². The summed E-state index contributed by atoms with van der Waals surface area (Å²) in [5, 5.41) is 8.50. The number of rotatable bonds is 7. The molecule has 0 unspecified atom stereocenters. The summed E-state index contributed by atoms with van der Waals surface area (Å²) in [6, 6.07) is 3.07. The average Bonchev–Trinajstić information content (AvgIpc) is 2.34. The topological polar surface area (TPSA) is 92.7 Å². The molecule has 0 heterocycles. The molecule has 0 amide bonds. The molecule has 0 aliphatic rings. The number of methoxy groups -OCH3 is 1. The van der Waals surface area contributed by atoms with Crippen molar-refractivity contribution in [2.75, 3.05) is 13.7 Å². The van der Waals surface area contributed by atoms with Crippen molar-refractivity contribution in [3.63, 3.8) is 0 Å². The number of benzene rings is 1. The third-order valence-electron chi connectivity index (χ3n) is 2.81. The fourth-order valence-electron chi connectivity index (χ4n) is 1.92. The van der Waals surface area contributed by atoms with Crippen molar-refractivity contribution < 1.29 is 23.1 Å². The Balaban J connectivity index is 2.85. The average molecular weight is 301 g/mol. The van der Waals surface area contributed by atoms with Gasteiger partial charge in [-0.3, -0.25) is 4.79 Å². The zero-order valence-corrected chi connectivity index (χ0v) is 12.6. The number of aryl methyl sites for hydroxylation is 2. The zero-order valence-electron chi connectivity index (χ0n) is 11.8. The molecule has 20 heavy (non-hydrogen) atoms. The van der Waals surface area contributed by atoms with Gasteiger partial charge in [-0.05, 0) is 43.5 Å². The Morgan fingerprint density at radius 3 is 2.30 bits per heavy atom. The molecule has 0 aliphatic carbocycles. The van der Waals surface area contributed by atoms with Crippen molar-refractivity contribution in [3.05, 3.63) is 23.3 Å². The van der Waals surface area contributed by atoms with E-state index in [0.717, 1.165) is 11.1 Å². The molecule has 7 heteroatoms. The van der Waals surface area contributed by atoms with E-state index in [1.165, 1.54) is 19.2 Å². The molecule has 0 saturated carbocycles. The molecule has 1 aromatic rings. The van der Waals surface area contributed by atoms with Crippen LogP contribution in [0.5, 0.6) is 5.75 Å². The largest absolute Gasteiger partial charge is 0.496 e. The Kier molecular flexibility index (Phi) is 5.52. The van der Waals surface area contributed by atoms with Crippen LogP contribution in [0.15, 0.2) is 17.0 Å². The van der Waals surface area contributed by atoms with Gasteiger partial charge in [-0.25, -0.2) is 13.1 Å². The van der Waals surface area contributed by atoms with E-state index < -0.39 is 16.0 Å². The van der Waals surface area contributed by atoms with Crippen LogP contribution < -0.4 is 9.46 Å². The van der Waals surface area contributed by atoms with E-state index in [1.807, 2.05) is 0 Å². The number of hydrogen-bond donors (Lipinski definition) is 2. The molecule has 1 rings (SSSR count). The van der Waals surface area contributed by atoms with E-state index in [-0.39, 0.29) is 24.3 Å². The lowest BCUT2D eigenvalue weighted by Gasteiger charge is -2.12. The molecule has 6 nitrogen and oxygen atoms in total. The number of carboxylic acid groups (broad SMARTS) is 1. The fourth-order valence-corrected chi connectivity index (χ4v) is 3.16. The number of hydrogen-bond acceptors (Lipinski definition) is 4. The highest BCUT2D eigenvalue weighted by atomic mass is 32.2. The molecule has 0 saturated heterocycles. The molecule has 0 fully saturated rings. The van der Waals surface area contributed by atoms with Gasteiger partial charge in [-0.2, -0.15) is 0 Å². The normalized spacial score (nSPS) is 11.3. The van der Waals surface area contributed by atoms with Crippen LogP contribution in [0.3, 0.4) is 0 Å². The molecule has 0 aromatic heterocycles. The van der Waals surface area contributed by atoms with E-state index >= 15 is 0 Å². The van der Waals surface area contributed by atoms with Crippen LogP contribution in [0.2, 0.25) is 0 Å². The van der Waals surface area contributed by atoms with Crippen molar-refractivity contribution >= 4 is 16.0 Å². The van der Waals surface area contributed by atoms with Gasteiger partial charge in [-0.15, -0.1) is 0 Å². The van der Waals surface area contributed by atoms with Gasteiger partial charge in [0.25, 0.3) is 0 Å². The van der Waals surface area contributed by atoms with Crippen molar-refractivity contribution in [2.45, 2.75) is 31.6 Å². The molecule has 0 bridgehead atoms. The summed E-state index contributed by atoms with van der Waals surface area (Å²) in [7, 11) is -2.09. The van der Waals surface area contributed by atoms with Gasteiger partial charge in [0.15, 0.2) is 0 Å². The number of carboxylic acids is 1. The van der Waals surface area contributed by atoms with Crippen LogP contribution in [0.4, 0.5) is 0 Å². The minimum atomic E-state index is -3.63. The number of nitrogens with one attached hydrogen (secondary N) is 1. The highest BCUT2D eigenvalue weighted by Crippen LogP contribution is 2.26. The first-order chi connectivity index (χ1) is 9.27. The Bertz CT molecular complexity index is 572. The van der Waals surface area contributed by atoms with Crippen molar-refractivity contribution in [1.82, 2.24) is 4.72 Å². The highest BCUT2D eigenvalue weighted by Gasteiger charge is 2.16. The van der Waals surface area contributed by atoms with E-state index in [0.29, 0.717) is 5.75 Å². The van der Waals surface area contributed by atoms with Crippen LogP contribution in [0.1, 0.15) is 24.0 Å². The molecule has 0 spiro atoms. The van der Waals surface area contributed by atoms with E-state index in [9.17, 15) is 13.2 Å². The van der Waals surface area contributed by atoms with Crippen LogP contribution in [0, 0.1) is 13.8 Å². The summed E-state index contributed by atoms with van der Waals surface area (Å²) < 4.78 is 31.7. The first-order valence-corrected chi connectivity index (χ1v) is 7.63. The second-order valence-corrected chi connectivity index (χ2v) is 6.25. The predicted octanol–water partition coefficient (Wildman–Crippen LogP) is 1.46. The first kappa shape index (κ1) is 16.5. The third-order valence-corrected chi connectivity index (χ3v) is 4.25. The van der Waals surface area contributed by atoms with Crippen LogP contribution in [0.25, 0.3) is 0 Å². The fraction of sp³-hybridized carbons (Fsp3) is 0.462. The maximum Gasteiger partial charge on any atom is 0.303 e. The van der Waals surface area contributed by atoms with Crippen LogP contribution >= 0.6 is 0 Å². The van der Waals surface area contributed by atoms with Crippen molar-refractivity contribution in [3.8, 4) is 5.75 Å². The summed E-state index contributed by atoms with van der Waals surface area (Å²) in [5.41, 5.74) is 1.47. The maximum absolute atomic E-state index is 12.1. The van der Waals surface area contributed by atoms with E-state index in [1.54, 1.807) is 13.8 Å². The summed E-state index contributed by atoms with van der Waals surface area (Å²) in [6.45, 7) is 3.64. The van der Waals surface area contributed by atoms with Gasteiger partial charge in [0.2, 0.25) is 10.0 Å². The molecule has 0 aliphatic heterocycles. The number of carbonyl (C=O) groups is 1. The lowest BCUT2D eigenvalue weighted by atomic mass is 10.1. The zero-order chi connectivity index (χ0) is 15.3. The predicted molar refractivity (Wildman–Crippen MR) is 74.5 cm³/mol. The van der Waals surface area contributed by atoms with Crippen molar-refractivity contribution in [2.24, 2.45) is 0 Å². The second-order valence-electron chi connectivity index (χ2n) is 4.49. The monoisotopic (exact) mass is 301 g/mol. The minimum absolute atomic E-state index is 0.0663. The summed E-state index contributed by atoms with van der Waals surface area (Å²) in [5.74, 6) is -0.282. The molecule has 112 valence electrons. The summed E-state index contributed by atoms with van der Waals surface area (Å²) in [4.78, 5) is 10.5. The maximum atomic E-state index is 12.1. The molecule has 1 aromatic carbocycles. The molecule has 2 N–H and O–H groups in total. The summed E-state index contributed by atoms with van der Waals surface area (Å²) >= 11 is 0. The lowest BCUT2D eigenvalue weighted by Crippen LogP contribution is -2.25. The van der Waals surface area contributed by atoms with Crippen molar-refractivity contribution in [1.29, 1.82) is 0 Å².